The molecule has 70 valence electrons. The predicted molar refractivity (Wildman–Crippen MR) is 66.8 cm³/mol. The minimum Gasteiger partial charge on any atom is -0.310 e. The minimum atomic E-state index is 0.585. The van der Waals surface area contributed by atoms with Crippen molar-refractivity contribution in [1.82, 2.24) is 5.32 Å². The Hall–Kier alpha value is 0.390. The van der Waals surface area contributed by atoms with E-state index in [1.54, 1.807) is 0 Å². The third-order valence-electron chi connectivity index (χ3n) is 2.41. The summed E-state index contributed by atoms with van der Waals surface area (Å²) in [6.07, 6.45) is 2.58. The molecule has 1 saturated heterocycles. The fraction of sp³-hybridized carbons (Fsp3) is 0.400. The average Bonchev–Trinajstić information content (AvgIpc) is 2.62. The molecule has 1 N–H and O–H groups in total. The molecule has 1 heterocycles. The van der Waals surface area contributed by atoms with Gasteiger partial charge in [-0.05, 0) is 75.6 Å². The van der Waals surface area contributed by atoms with Crippen molar-refractivity contribution in [2.75, 3.05) is 6.54 Å². The predicted octanol–water partition coefficient (Wildman–Crippen LogP) is 3.48. The van der Waals surface area contributed by atoms with Crippen LogP contribution in [0.3, 0.4) is 0 Å². The van der Waals surface area contributed by atoms with Crippen LogP contribution in [0.2, 0.25) is 0 Å². The molecule has 0 amide bonds. The summed E-state index contributed by atoms with van der Waals surface area (Å²) in [5, 5.41) is 3.50. The van der Waals surface area contributed by atoms with Crippen LogP contribution in [-0.4, -0.2) is 6.54 Å². The summed E-state index contributed by atoms with van der Waals surface area (Å²) in [5.74, 6) is 0. The molecule has 0 aliphatic carbocycles. The highest BCUT2D eigenvalue weighted by Crippen LogP contribution is 2.27. The zero-order chi connectivity index (χ0) is 9.26. The topological polar surface area (TPSA) is 12.0 Å². The van der Waals surface area contributed by atoms with Crippen LogP contribution in [0.1, 0.15) is 24.4 Å². The van der Waals surface area contributed by atoms with Crippen molar-refractivity contribution in [3.8, 4) is 0 Å². The van der Waals surface area contributed by atoms with Crippen LogP contribution in [0.5, 0.6) is 0 Å². The van der Waals surface area contributed by atoms with Crippen molar-refractivity contribution in [3.05, 3.63) is 31.8 Å². The number of hydrogen-bond donors (Lipinski definition) is 1. The van der Waals surface area contributed by atoms with Crippen molar-refractivity contribution in [2.45, 2.75) is 18.9 Å². The van der Waals surface area contributed by atoms with Gasteiger partial charge in [0.15, 0.2) is 0 Å². The second-order valence-corrected chi connectivity index (χ2v) is 5.34. The zero-order valence-corrected chi connectivity index (χ0v) is 10.9. The fourth-order valence-corrected chi connectivity index (χ4v) is 2.48. The number of hydrogen-bond acceptors (Lipinski definition) is 1. The molecule has 0 aromatic heterocycles. The van der Waals surface area contributed by atoms with Gasteiger partial charge >= 0.3 is 0 Å². The van der Waals surface area contributed by atoms with Crippen molar-refractivity contribution in [1.29, 1.82) is 0 Å². The van der Waals surface area contributed by atoms with Gasteiger partial charge in [0.2, 0.25) is 0 Å². The molecule has 1 fully saturated rings. The van der Waals surface area contributed by atoms with Crippen LogP contribution in [0.4, 0.5) is 0 Å². The van der Waals surface area contributed by atoms with Gasteiger partial charge in [-0.15, -0.1) is 0 Å². The number of rotatable bonds is 1. The van der Waals surface area contributed by atoms with E-state index in [0.29, 0.717) is 6.04 Å². The van der Waals surface area contributed by atoms with Gasteiger partial charge in [-0.3, -0.25) is 0 Å². The molecule has 0 bridgehead atoms. The van der Waals surface area contributed by atoms with Gasteiger partial charge in [-0.2, -0.15) is 0 Å². The number of nitrogens with one attached hydrogen (secondary N) is 1. The lowest BCUT2D eigenvalue weighted by molar-refractivity contribution is 0.647. The first-order valence-electron chi connectivity index (χ1n) is 4.46. The van der Waals surface area contributed by atoms with Crippen molar-refractivity contribution in [2.24, 2.45) is 0 Å². The summed E-state index contributed by atoms with van der Waals surface area (Å²) in [6, 6.07) is 7.18. The highest BCUT2D eigenvalue weighted by molar-refractivity contribution is 14.1. The Morgan fingerprint density at radius 3 is 2.92 bits per heavy atom. The highest BCUT2D eigenvalue weighted by Gasteiger charge is 2.16. The molecule has 0 saturated carbocycles. The van der Waals surface area contributed by atoms with Gasteiger partial charge in [-0.25, -0.2) is 0 Å². The molecule has 13 heavy (non-hydrogen) atoms. The largest absolute Gasteiger partial charge is 0.310 e. The number of halogens is 2. The first-order valence-corrected chi connectivity index (χ1v) is 6.33. The van der Waals surface area contributed by atoms with E-state index < -0.39 is 0 Å². The number of benzene rings is 1. The van der Waals surface area contributed by atoms with Crippen LogP contribution in [0.25, 0.3) is 0 Å². The van der Waals surface area contributed by atoms with Crippen molar-refractivity contribution >= 4 is 38.5 Å². The van der Waals surface area contributed by atoms with Gasteiger partial charge in [0, 0.05) is 14.1 Å². The first-order chi connectivity index (χ1) is 6.27. The monoisotopic (exact) mass is 351 g/mol. The third-order valence-corrected chi connectivity index (χ3v) is 4.73. The van der Waals surface area contributed by atoms with Crippen LogP contribution in [-0.2, 0) is 0 Å². The maximum absolute atomic E-state index is 3.51. The van der Waals surface area contributed by atoms with Crippen LogP contribution in [0.15, 0.2) is 22.7 Å². The lowest BCUT2D eigenvalue weighted by Gasteiger charge is -2.11. The maximum Gasteiger partial charge on any atom is 0.0321 e. The standard InChI is InChI=1S/C10H11BrIN/c11-8-4-3-7(6-9(8)12)10-2-1-5-13-10/h3-4,6,10,13H,1-2,5H2/t10-/m1/s1. The molecule has 0 spiro atoms. The summed E-state index contributed by atoms with van der Waals surface area (Å²) >= 11 is 5.87. The van der Waals surface area contributed by atoms with Crippen LogP contribution < -0.4 is 5.32 Å². The van der Waals surface area contributed by atoms with E-state index in [9.17, 15) is 0 Å². The molecule has 3 heteroatoms. The third kappa shape index (κ3) is 2.25. The normalized spacial score (nSPS) is 22.2. The lowest BCUT2D eigenvalue weighted by atomic mass is 10.1. The van der Waals surface area contributed by atoms with E-state index in [1.807, 2.05) is 0 Å². The van der Waals surface area contributed by atoms with Crippen molar-refractivity contribution < 1.29 is 0 Å². The molecule has 1 atom stereocenters. The molecule has 1 nitrogen and oxygen atoms in total. The van der Waals surface area contributed by atoms with E-state index in [2.05, 4.69) is 62.0 Å². The maximum atomic E-state index is 3.51. The van der Waals surface area contributed by atoms with Gasteiger partial charge in [0.05, 0.1) is 0 Å². The Bertz CT molecular complexity index is 308. The molecule has 1 aliphatic heterocycles. The lowest BCUT2D eigenvalue weighted by Crippen LogP contribution is -2.12. The Morgan fingerprint density at radius 2 is 2.31 bits per heavy atom. The SMILES string of the molecule is Brc1ccc([C@H]2CCCN2)cc1I. The van der Waals surface area contributed by atoms with Crippen LogP contribution >= 0.6 is 38.5 Å². The van der Waals surface area contributed by atoms with Gasteiger partial charge in [0.1, 0.15) is 0 Å². The summed E-state index contributed by atoms with van der Waals surface area (Å²) in [5.41, 5.74) is 1.42. The van der Waals surface area contributed by atoms with Gasteiger partial charge in [0.25, 0.3) is 0 Å². The summed E-state index contributed by atoms with van der Waals surface area (Å²) in [6.45, 7) is 1.16. The fourth-order valence-electron chi connectivity index (χ4n) is 1.70. The van der Waals surface area contributed by atoms with E-state index in [-0.39, 0.29) is 0 Å². The van der Waals surface area contributed by atoms with E-state index in [0.717, 1.165) is 6.54 Å². The summed E-state index contributed by atoms with van der Waals surface area (Å²) < 4.78 is 2.48. The first kappa shape index (κ1) is 9.93. The molecule has 1 aromatic rings. The molecule has 0 radical (unpaired) electrons. The molecular formula is C10H11BrIN. The molecule has 1 aliphatic rings. The summed E-state index contributed by atoms with van der Waals surface area (Å²) in [4.78, 5) is 0. The second kappa shape index (κ2) is 4.28. The average molecular weight is 352 g/mol. The van der Waals surface area contributed by atoms with E-state index in [4.69, 9.17) is 0 Å². The Morgan fingerprint density at radius 1 is 1.46 bits per heavy atom. The molecule has 0 unspecified atom stereocenters. The Balaban J connectivity index is 2.25. The van der Waals surface area contributed by atoms with Crippen LogP contribution in [0, 0.1) is 3.57 Å². The quantitative estimate of drug-likeness (QED) is 0.764. The van der Waals surface area contributed by atoms with E-state index >= 15 is 0 Å². The Labute approximate surface area is 101 Å². The smallest absolute Gasteiger partial charge is 0.0321 e. The van der Waals surface area contributed by atoms with Gasteiger partial charge < -0.3 is 5.32 Å². The summed E-state index contributed by atoms with van der Waals surface area (Å²) in [7, 11) is 0. The van der Waals surface area contributed by atoms with Crippen molar-refractivity contribution in [3.63, 3.8) is 0 Å². The molecule has 1 aromatic carbocycles. The van der Waals surface area contributed by atoms with Gasteiger partial charge in [-0.1, -0.05) is 6.07 Å². The van der Waals surface area contributed by atoms with E-state index in [1.165, 1.54) is 26.4 Å². The minimum absolute atomic E-state index is 0.585. The zero-order valence-electron chi connectivity index (χ0n) is 7.19. The molecule has 2 rings (SSSR count). The Kier molecular flexibility index (Phi) is 3.26. The molecular weight excluding hydrogens is 341 g/mol. The highest BCUT2D eigenvalue weighted by atomic mass is 127. The second-order valence-electron chi connectivity index (χ2n) is 3.32.